The van der Waals surface area contributed by atoms with Gasteiger partial charge in [-0.1, -0.05) is 23.7 Å². The molecule has 1 aliphatic heterocycles. The third-order valence-corrected chi connectivity index (χ3v) is 3.40. The predicted octanol–water partition coefficient (Wildman–Crippen LogP) is 2.74. The molecule has 1 aliphatic rings. The third kappa shape index (κ3) is 2.71. The molecule has 1 heterocycles. The average molecular weight is 316 g/mol. The minimum atomic E-state index is -0.676. The maximum absolute atomic E-state index is 12.3. The van der Waals surface area contributed by atoms with Crippen molar-refractivity contribution in [3.05, 3.63) is 58.6 Å². The second-order valence-corrected chi connectivity index (χ2v) is 5.15. The van der Waals surface area contributed by atoms with Crippen molar-refractivity contribution in [3.8, 4) is 5.75 Å². The number of benzene rings is 2. The number of fused-ring (bicyclic) bond motifs is 1. The lowest BCUT2D eigenvalue weighted by Crippen LogP contribution is -2.25. The molecule has 3 rings (SSSR count). The molecule has 2 aromatic rings. The van der Waals surface area contributed by atoms with Crippen molar-refractivity contribution < 1.29 is 19.1 Å². The topological polar surface area (TPSA) is 72.5 Å². The van der Waals surface area contributed by atoms with Crippen LogP contribution in [0.3, 0.4) is 0 Å². The van der Waals surface area contributed by atoms with Gasteiger partial charge in [-0.05, 0) is 30.3 Å². The average Bonchev–Trinajstić information content (AvgIpc) is 2.52. The highest BCUT2D eigenvalue weighted by Crippen LogP contribution is 2.29. The highest BCUT2D eigenvalue weighted by atomic mass is 35.5. The minimum absolute atomic E-state index is 0.0677. The molecule has 2 aromatic carbocycles. The summed E-state index contributed by atoms with van der Waals surface area (Å²) in [5.74, 6) is -1.18. The predicted molar refractivity (Wildman–Crippen MR) is 80.7 cm³/mol. The summed E-state index contributed by atoms with van der Waals surface area (Å²) in [6, 6.07) is 10.6. The maximum atomic E-state index is 12.3. The van der Waals surface area contributed by atoms with Gasteiger partial charge in [-0.25, -0.2) is 0 Å². The molecule has 110 valence electrons. The van der Waals surface area contributed by atoms with Gasteiger partial charge >= 0.3 is 0 Å². The molecule has 5 nitrogen and oxygen atoms in total. The Hall–Kier alpha value is -2.66. The van der Waals surface area contributed by atoms with Gasteiger partial charge in [-0.2, -0.15) is 0 Å². The lowest BCUT2D eigenvalue weighted by molar-refractivity contribution is -0.118. The van der Waals surface area contributed by atoms with Crippen LogP contribution in [-0.4, -0.2) is 24.1 Å². The van der Waals surface area contributed by atoms with E-state index in [0.29, 0.717) is 16.5 Å². The fourth-order valence-corrected chi connectivity index (χ4v) is 2.31. The first-order chi connectivity index (χ1) is 10.5. The zero-order chi connectivity index (χ0) is 15.7. The molecule has 0 saturated carbocycles. The van der Waals surface area contributed by atoms with Crippen LogP contribution in [0.25, 0.3) is 0 Å². The zero-order valence-corrected chi connectivity index (χ0v) is 12.0. The number of rotatable bonds is 3. The molecule has 1 N–H and O–H groups in total. The van der Waals surface area contributed by atoms with Crippen LogP contribution in [0.1, 0.15) is 20.7 Å². The van der Waals surface area contributed by atoms with E-state index in [1.165, 1.54) is 24.3 Å². The molecule has 0 radical (unpaired) electrons. The van der Waals surface area contributed by atoms with Gasteiger partial charge in [0.2, 0.25) is 11.6 Å². The van der Waals surface area contributed by atoms with Crippen LogP contribution >= 0.6 is 11.6 Å². The molecule has 1 amide bonds. The van der Waals surface area contributed by atoms with Crippen molar-refractivity contribution in [1.29, 1.82) is 0 Å². The number of Topliss-reactive ketones (excluding diaryl/α,β-unsaturated/α-hetero) is 2. The minimum Gasteiger partial charge on any atom is -0.482 e. The molecule has 6 heteroatoms. The summed E-state index contributed by atoms with van der Waals surface area (Å²) in [5, 5.41) is 2.97. The number of halogens is 1. The lowest BCUT2D eigenvalue weighted by atomic mass is 10.0. The van der Waals surface area contributed by atoms with Gasteiger partial charge in [0.25, 0.3) is 5.91 Å². The molecular formula is C16H10ClNO4. The quantitative estimate of drug-likeness (QED) is 0.698. The number of hydrogen-bond donors (Lipinski definition) is 1. The summed E-state index contributed by atoms with van der Waals surface area (Å²) in [4.78, 5) is 35.8. The maximum Gasteiger partial charge on any atom is 0.262 e. The Morgan fingerprint density at radius 1 is 1.05 bits per heavy atom. The Kier molecular flexibility index (Phi) is 3.65. The van der Waals surface area contributed by atoms with Crippen LogP contribution in [0.15, 0.2) is 42.5 Å². The lowest BCUT2D eigenvalue weighted by Gasteiger charge is -2.18. The first kappa shape index (κ1) is 14.3. The third-order valence-electron chi connectivity index (χ3n) is 3.17. The molecular weight excluding hydrogens is 306 g/mol. The molecule has 0 fully saturated rings. The number of ketones is 2. The van der Waals surface area contributed by atoms with Crippen LogP contribution in [-0.2, 0) is 4.79 Å². The van der Waals surface area contributed by atoms with E-state index in [4.69, 9.17) is 16.3 Å². The Bertz CT molecular complexity index is 800. The Balaban J connectivity index is 1.91. The molecule has 0 aromatic heterocycles. The molecule has 22 heavy (non-hydrogen) atoms. The number of anilines is 1. The Morgan fingerprint density at radius 3 is 2.50 bits per heavy atom. The summed E-state index contributed by atoms with van der Waals surface area (Å²) in [7, 11) is 0. The summed E-state index contributed by atoms with van der Waals surface area (Å²) in [5.41, 5.74) is 0.769. The molecule has 0 aliphatic carbocycles. The summed E-state index contributed by atoms with van der Waals surface area (Å²) >= 11 is 5.82. The number of nitrogens with one attached hydrogen (secondary N) is 1. The van der Waals surface area contributed by atoms with Crippen molar-refractivity contribution in [2.75, 3.05) is 11.9 Å². The largest absolute Gasteiger partial charge is 0.482 e. The SMILES string of the molecule is O=C1COc2ccc(C(=O)C(=O)c3cccc(Cl)c3)cc2N1. The highest BCUT2D eigenvalue weighted by Gasteiger charge is 2.22. The van der Waals surface area contributed by atoms with Gasteiger partial charge in [0, 0.05) is 16.1 Å². The van der Waals surface area contributed by atoms with Crippen LogP contribution in [0.4, 0.5) is 5.69 Å². The van der Waals surface area contributed by atoms with E-state index in [1.54, 1.807) is 18.2 Å². The van der Waals surface area contributed by atoms with E-state index in [0.717, 1.165) is 0 Å². The van der Waals surface area contributed by atoms with Gasteiger partial charge in [-0.15, -0.1) is 0 Å². The van der Waals surface area contributed by atoms with E-state index in [9.17, 15) is 14.4 Å². The van der Waals surface area contributed by atoms with E-state index in [2.05, 4.69) is 5.32 Å². The van der Waals surface area contributed by atoms with Crippen LogP contribution < -0.4 is 10.1 Å². The van der Waals surface area contributed by atoms with E-state index in [1.807, 2.05) is 0 Å². The van der Waals surface area contributed by atoms with Crippen molar-refractivity contribution >= 4 is 34.8 Å². The number of carbonyl (C=O) groups excluding carboxylic acids is 3. The van der Waals surface area contributed by atoms with Crippen molar-refractivity contribution in [3.63, 3.8) is 0 Å². The van der Waals surface area contributed by atoms with Gasteiger partial charge < -0.3 is 10.1 Å². The van der Waals surface area contributed by atoms with Gasteiger partial charge in [-0.3, -0.25) is 14.4 Å². The van der Waals surface area contributed by atoms with Gasteiger partial charge in [0.15, 0.2) is 6.61 Å². The second kappa shape index (κ2) is 5.61. The van der Waals surface area contributed by atoms with Crippen molar-refractivity contribution in [2.45, 2.75) is 0 Å². The molecule has 0 unspecified atom stereocenters. The molecule has 0 saturated heterocycles. The molecule has 0 atom stereocenters. The van der Waals surface area contributed by atoms with Crippen molar-refractivity contribution in [2.24, 2.45) is 0 Å². The van der Waals surface area contributed by atoms with Gasteiger partial charge in [0.1, 0.15) is 5.75 Å². The summed E-state index contributed by atoms with van der Waals surface area (Å²) in [6.45, 7) is -0.0677. The standard InChI is InChI=1S/C16H10ClNO4/c17-11-3-1-2-9(6-11)15(20)16(21)10-4-5-13-12(7-10)18-14(19)8-22-13/h1-7H,8H2,(H,18,19). The van der Waals surface area contributed by atoms with E-state index < -0.39 is 11.6 Å². The van der Waals surface area contributed by atoms with E-state index >= 15 is 0 Å². The first-order valence-corrected chi connectivity index (χ1v) is 6.84. The fourth-order valence-electron chi connectivity index (χ4n) is 2.12. The molecule has 0 spiro atoms. The number of hydrogen-bond acceptors (Lipinski definition) is 4. The van der Waals surface area contributed by atoms with E-state index in [-0.39, 0.29) is 23.6 Å². The summed E-state index contributed by atoms with van der Waals surface area (Å²) < 4.78 is 5.21. The number of amides is 1. The first-order valence-electron chi connectivity index (χ1n) is 6.46. The van der Waals surface area contributed by atoms with Crippen LogP contribution in [0, 0.1) is 0 Å². The van der Waals surface area contributed by atoms with Gasteiger partial charge in [0.05, 0.1) is 5.69 Å². The monoisotopic (exact) mass is 315 g/mol. The normalized spacial score (nSPS) is 12.9. The highest BCUT2D eigenvalue weighted by molar-refractivity contribution is 6.49. The summed E-state index contributed by atoms with van der Waals surface area (Å²) in [6.07, 6.45) is 0. The Morgan fingerprint density at radius 2 is 1.77 bits per heavy atom. The van der Waals surface area contributed by atoms with Crippen LogP contribution in [0.5, 0.6) is 5.75 Å². The Labute approximate surface area is 130 Å². The molecule has 0 bridgehead atoms. The van der Waals surface area contributed by atoms with Crippen LogP contribution in [0.2, 0.25) is 5.02 Å². The smallest absolute Gasteiger partial charge is 0.262 e. The zero-order valence-electron chi connectivity index (χ0n) is 11.3. The number of ether oxygens (including phenoxy) is 1. The number of carbonyl (C=O) groups is 3. The fraction of sp³-hybridized carbons (Fsp3) is 0.0625. The van der Waals surface area contributed by atoms with Crippen molar-refractivity contribution in [1.82, 2.24) is 0 Å². The second-order valence-electron chi connectivity index (χ2n) is 4.72.